The van der Waals surface area contributed by atoms with E-state index in [1.807, 2.05) is 0 Å². The van der Waals surface area contributed by atoms with Gasteiger partial charge in [-0.1, -0.05) is 11.6 Å². The minimum absolute atomic E-state index is 0.0674. The molecule has 11 heteroatoms. The number of methoxy groups -OCH3 is 1. The third kappa shape index (κ3) is 4.84. The zero-order chi connectivity index (χ0) is 21.7. The molecule has 0 radical (unpaired) electrons. The maximum absolute atomic E-state index is 12.7. The summed E-state index contributed by atoms with van der Waals surface area (Å²) in [4.78, 5) is 25.8. The van der Waals surface area contributed by atoms with E-state index in [9.17, 15) is 9.59 Å². The molecule has 0 aliphatic rings. The first kappa shape index (κ1) is 21.1. The fourth-order valence-corrected chi connectivity index (χ4v) is 2.69. The number of rotatable bonds is 7. The predicted octanol–water partition coefficient (Wildman–Crippen LogP) is 2.04. The van der Waals surface area contributed by atoms with Gasteiger partial charge in [0.2, 0.25) is 0 Å². The van der Waals surface area contributed by atoms with Crippen molar-refractivity contribution in [2.24, 2.45) is 0 Å². The first-order chi connectivity index (χ1) is 14.4. The molecule has 0 unspecified atom stereocenters. The summed E-state index contributed by atoms with van der Waals surface area (Å²) >= 11 is 6.30. The number of carbonyl (C=O) groups is 2. The molecule has 0 saturated heterocycles. The number of nitrogens with zero attached hydrogens (tertiary/aromatic N) is 5. The van der Waals surface area contributed by atoms with E-state index in [1.165, 1.54) is 29.1 Å². The van der Waals surface area contributed by atoms with Crippen molar-refractivity contribution in [3.63, 3.8) is 0 Å². The SMILES string of the molecule is COc1cc(-n2cnnn2)c(Cl)cc1C(=O)Nc1ccc(OCC(=O)N(C)C)cc1. The Labute approximate surface area is 177 Å². The molecule has 0 aliphatic carbocycles. The summed E-state index contributed by atoms with van der Waals surface area (Å²) in [5, 5.41) is 14.0. The van der Waals surface area contributed by atoms with Crippen LogP contribution in [0.25, 0.3) is 5.69 Å². The highest BCUT2D eigenvalue weighted by molar-refractivity contribution is 6.33. The molecule has 0 spiro atoms. The van der Waals surface area contributed by atoms with E-state index in [4.69, 9.17) is 21.1 Å². The molecule has 1 N–H and O–H groups in total. The Morgan fingerprint density at radius 2 is 1.93 bits per heavy atom. The lowest BCUT2D eigenvalue weighted by Gasteiger charge is -2.13. The lowest BCUT2D eigenvalue weighted by molar-refractivity contribution is -0.130. The van der Waals surface area contributed by atoms with Crippen LogP contribution >= 0.6 is 11.6 Å². The van der Waals surface area contributed by atoms with Crippen molar-refractivity contribution in [2.45, 2.75) is 0 Å². The van der Waals surface area contributed by atoms with Gasteiger partial charge in [-0.2, -0.15) is 4.68 Å². The highest BCUT2D eigenvalue weighted by Gasteiger charge is 2.18. The Balaban J connectivity index is 1.72. The summed E-state index contributed by atoms with van der Waals surface area (Å²) in [6.45, 7) is -0.0674. The predicted molar refractivity (Wildman–Crippen MR) is 109 cm³/mol. The summed E-state index contributed by atoms with van der Waals surface area (Å²) in [7, 11) is 4.75. The number of hydrogen-bond donors (Lipinski definition) is 1. The van der Waals surface area contributed by atoms with Crippen LogP contribution in [0, 0.1) is 0 Å². The van der Waals surface area contributed by atoms with E-state index < -0.39 is 5.91 Å². The highest BCUT2D eigenvalue weighted by atomic mass is 35.5. The molecule has 30 heavy (non-hydrogen) atoms. The molecule has 3 rings (SSSR count). The lowest BCUT2D eigenvalue weighted by atomic mass is 10.1. The van der Waals surface area contributed by atoms with Crippen molar-refractivity contribution in [2.75, 3.05) is 33.1 Å². The number of tetrazole rings is 1. The molecule has 0 fully saturated rings. The average Bonchev–Trinajstić information content (AvgIpc) is 3.27. The molecule has 1 aromatic heterocycles. The van der Waals surface area contributed by atoms with Crippen molar-refractivity contribution in [1.82, 2.24) is 25.1 Å². The number of hydrogen-bond acceptors (Lipinski definition) is 7. The average molecular weight is 431 g/mol. The Hall–Kier alpha value is -3.66. The molecule has 0 aliphatic heterocycles. The van der Waals surface area contributed by atoms with Gasteiger partial charge in [0.25, 0.3) is 11.8 Å². The number of carbonyl (C=O) groups excluding carboxylic acids is 2. The zero-order valence-electron chi connectivity index (χ0n) is 16.5. The van der Waals surface area contributed by atoms with Crippen LogP contribution in [-0.2, 0) is 4.79 Å². The maximum Gasteiger partial charge on any atom is 0.259 e. The van der Waals surface area contributed by atoms with Gasteiger partial charge in [0.05, 0.1) is 23.4 Å². The van der Waals surface area contributed by atoms with Gasteiger partial charge in [0.15, 0.2) is 6.61 Å². The number of anilines is 1. The molecule has 2 aromatic carbocycles. The fraction of sp³-hybridized carbons (Fsp3) is 0.211. The molecule has 156 valence electrons. The van der Waals surface area contributed by atoms with Gasteiger partial charge in [-0.25, -0.2) is 0 Å². The second-order valence-corrected chi connectivity index (χ2v) is 6.72. The second kappa shape index (κ2) is 9.23. The molecular weight excluding hydrogens is 412 g/mol. The molecule has 0 saturated carbocycles. The van der Waals surface area contributed by atoms with E-state index in [0.717, 1.165) is 0 Å². The smallest absolute Gasteiger partial charge is 0.259 e. The fourth-order valence-electron chi connectivity index (χ4n) is 2.44. The number of nitrogens with one attached hydrogen (secondary N) is 1. The van der Waals surface area contributed by atoms with E-state index >= 15 is 0 Å². The Morgan fingerprint density at radius 3 is 2.53 bits per heavy atom. The number of likely N-dealkylation sites (N-methyl/N-ethyl adjacent to an activating group) is 1. The second-order valence-electron chi connectivity index (χ2n) is 6.31. The quantitative estimate of drug-likeness (QED) is 0.610. The number of benzene rings is 2. The number of halogens is 1. The van der Waals surface area contributed by atoms with Crippen LogP contribution in [0.3, 0.4) is 0 Å². The molecular formula is C19H19ClN6O4. The van der Waals surface area contributed by atoms with Crippen LogP contribution in [0.5, 0.6) is 11.5 Å². The largest absolute Gasteiger partial charge is 0.496 e. The maximum atomic E-state index is 12.7. The van der Waals surface area contributed by atoms with Crippen LogP contribution in [0.4, 0.5) is 5.69 Å². The van der Waals surface area contributed by atoms with Crippen molar-refractivity contribution in [1.29, 1.82) is 0 Å². The summed E-state index contributed by atoms with van der Waals surface area (Å²) < 4.78 is 12.1. The first-order valence-corrected chi connectivity index (χ1v) is 9.12. The van der Waals surface area contributed by atoms with Gasteiger partial charge < -0.3 is 19.7 Å². The first-order valence-electron chi connectivity index (χ1n) is 8.74. The molecule has 3 aromatic rings. The Bertz CT molecular complexity index is 1040. The van der Waals surface area contributed by atoms with E-state index in [2.05, 4.69) is 20.8 Å². The number of ether oxygens (including phenoxy) is 2. The molecule has 0 bridgehead atoms. The molecule has 0 atom stereocenters. The van der Waals surface area contributed by atoms with E-state index in [-0.39, 0.29) is 23.1 Å². The monoisotopic (exact) mass is 430 g/mol. The van der Waals surface area contributed by atoms with Crippen molar-refractivity contribution in [3.05, 3.63) is 53.3 Å². The molecule has 2 amide bonds. The highest BCUT2D eigenvalue weighted by Crippen LogP contribution is 2.30. The summed E-state index contributed by atoms with van der Waals surface area (Å²) in [5.74, 6) is 0.258. The molecule has 1 heterocycles. The van der Waals surface area contributed by atoms with Crippen molar-refractivity contribution in [3.8, 4) is 17.2 Å². The van der Waals surface area contributed by atoms with Gasteiger partial charge in [0.1, 0.15) is 17.8 Å². The van der Waals surface area contributed by atoms with Gasteiger partial charge >= 0.3 is 0 Å². The van der Waals surface area contributed by atoms with Gasteiger partial charge in [-0.3, -0.25) is 9.59 Å². The third-order valence-electron chi connectivity index (χ3n) is 4.08. The van der Waals surface area contributed by atoms with Crippen molar-refractivity contribution < 1.29 is 19.1 Å². The zero-order valence-corrected chi connectivity index (χ0v) is 17.3. The third-order valence-corrected chi connectivity index (χ3v) is 4.39. The van der Waals surface area contributed by atoms with Crippen LogP contribution in [0.2, 0.25) is 5.02 Å². The molecule has 10 nitrogen and oxygen atoms in total. The Morgan fingerprint density at radius 1 is 1.20 bits per heavy atom. The summed E-state index contributed by atoms with van der Waals surface area (Å²) in [6, 6.07) is 9.70. The van der Waals surface area contributed by atoms with Crippen LogP contribution in [0.15, 0.2) is 42.7 Å². The van der Waals surface area contributed by atoms with Crippen molar-refractivity contribution >= 4 is 29.1 Å². The number of amides is 2. The van der Waals surface area contributed by atoms with E-state index in [0.29, 0.717) is 22.9 Å². The Kier molecular flexibility index (Phi) is 6.48. The summed E-state index contributed by atoms with van der Waals surface area (Å²) in [6.07, 6.45) is 1.39. The van der Waals surface area contributed by atoms with Crippen LogP contribution < -0.4 is 14.8 Å². The van der Waals surface area contributed by atoms with E-state index in [1.54, 1.807) is 44.4 Å². The van der Waals surface area contributed by atoms with Crippen LogP contribution in [-0.4, -0.2) is 64.7 Å². The topological polar surface area (TPSA) is 111 Å². The lowest BCUT2D eigenvalue weighted by Crippen LogP contribution is -2.27. The normalized spacial score (nSPS) is 10.4. The van der Waals surface area contributed by atoms with Gasteiger partial charge in [-0.05, 0) is 40.8 Å². The van der Waals surface area contributed by atoms with Gasteiger partial charge in [0, 0.05) is 25.8 Å². The summed E-state index contributed by atoms with van der Waals surface area (Å²) in [5.41, 5.74) is 1.26. The number of aromatic nitrogens is 4. The van der Waals surface area contributed by atoms with Crippen LogP contribution in [0.1, 0.15) is 10.4 Å². The standard InChI is InChI=1S/C19H19ClN6O4/c1-25(2)18(27)10-30-13-6-4-12(5-7-13)22-19(28)14-8-15(20)16(9-17(14)29-3)26-11-21-23-24-26/h4-9,11H,10H2,1-3H3,(H,22,28). The minimum atomic E-state index is -0.409. The van der Waals surface area contributed by atoms with Gasteiger partial charge in [-0.15, -0.1) is 5.10 Å². The minimum Gasteiger partial charge on any atom is -0.496 e.